The summed E-state index contributed by atoms with van der Waals surface area (Å²) in [6.07, 6.45) is 0.463. The number of aliphatic carboxylic acids is 1. The van der Waals surface area contributed by atoms with Gasteiger partial charge in [-0.15, -0.1) is 0 Å². The lowest BCUT2D eigenvalue weighted by Crippen LogP contribution is -2.43. The van der Waals surface area contributed by atoms with E-state index in [1.165, 1.54) is 0 Å². The van der Waals surface area contributed by atoms with Crippen LogP contribution in [0.2, 0.25) is 5.02 Å². The maximum absolute atomic E-state index is 12.5. The first-order valence-electron chi connectivity index (χ1n) is 7.76. The smallest absolute Gasteiger partial charge is 0.303 e. The lowest BCUT2D eigenvalue weighted by Gasteiger charge is -2.23. The highest BCUT2D eigenvalue weighted by molar-refractivity contribution is 6.31. The normalized spacial score (nSPS) is 17.9. The molecule has 6 nitrogen and oxygen atoms in total. The van der Waals surface area contributed by atoms with Gasteiger partial charge in [-0.1, -0.05) is 31.5 Å². The molecule has 1 aliphatic heterocycles. The second-order valence-corrected chi connectivity index (χ2v) is 7.23. The van der Waals surface area contributed by atoms with E-state index in [-0.39, 0.29) is 24.7 Å². The Morgan fingerprint density at radius 3 is 2.71 bits per heavy atom. The zero-order valence-corrected chi connectivity index (χ0v) is 14.5. The molecule has 1 atom stereocenters. The Labute approximate surface area is 145 Å². The molecule has 1 aromatic rings. The summed E-state index contributed by atoms with van der Waals surface area (Å²) >= 11 is 5.95. The number of hydrogen-bond acceptors (Lipinski definition) is 3. The molecule has 0 aliphatic carbocycles. The number of hydrogen-bond donors (Lipinski definition) is 2. The minimum atomic E-state index is -0.947. The predicted octanol–water partition coefficient (Wildman–Crippen LogP) is 2.45. The Morgan fingerprint density at radius 1 is 1.38 bits per heavy atom. The zero-order chi connectivity index (χ0) is 17.9. The van der Waals surface area contributed by atoms with E-state index in [0.29, 0.717) is 23.7 Å². The predicted molar refractivity (Wildman–Crippen MR) is 91.0 cm³/mol. The van der Waals surface area contributed by atoms with Crippen molar-refractivity contribution in [3.63, 3.8) is 0 Å². The molecule has 2 N–H and O–H groups in total. The third-order valence-corrected chi connectivity index (χ3v) is 4.16. The molecule has 1 fully saturated rings. The third kappa shape index (κ3) is 4.71. The molecule has 0 radical (unpaired) electrons. The number of carboxylic acid groups (broad SMARTS) is 1. The summed E-state index contributed by atoms with van der Waals surface area (Å²) in [6, 6.07) is 6.42. The lowest BCUT2D eigenvalue weighted by molar-refractivity contribution is -0.140. The minimum absolute atomic E-state index is 0.0558. The Morgan fingerprint density at radius 2 is 2.08 bits per heavy atom. The number of nitrogens with one attached hydrogen (secondary N) is 1. The second-order valence-electron chi connectivity index (χ2n) is 6.79. The third-order valence-electron chi connectivity index (χ3n) is 3.93. The van der Waals surface area contributed by atoms with Crippen LogP contribution < -0.4 is 10.2 Å². The van der Waals surface area contributed by atoms with Gasteiger partial charge in [-0.05, 0) is 30.0 Å². The number of carbonyl (C=O) groups is 3. The van der Waals surface area contributed by atoms with E-state index in [9.17, 15) is 14.4 Å². The van der Waals surface area contributed by atoms with Gasteiger partial charge in [0.2, 0.25) is 11.8 Å². The van der Waals surface area contributed by atoms with Gasteiger partial charge in [0.15, 0.2) is 0 Å². The van der Waals surface area contributed by atoms with Crippen LogP contribution in [0.4, 0.5) is 5.69 Å². The SMILES string of the molecule is CC(C)(CC(=O)O)CC(=O)NC1CCN(c2cccc(Cl)c2)C1=O. The maximum atomic E-state index is 12.5. The molecule has 0 aromatic heterocycles. The van der Waals surface area contributed by atoms with Gasteiger partial charge in [0.25, 0.3) is 0 Å². The van der Waals surface area contributed by atoms with E-state index in [0.717, 1.165) is 0 Å². The van der Waals surface area contributed by atoms with Crippen LogP contribution in [0.5, 0.6) is 0 Å². The van der Waals surface area contributed by atoms with E-state index in [4.69, 9.17) is 16.7 Å². The van der Waals surface area contributed by atoms with E-state index < -0.39 is 17.4 Å². The van der Waals surface area contributed by atoms with Crippen LogP contribution in [0.15, 0.2) is 24.3 Å². The highest BCUT2D eigenvalue weighted by Gasteiger charge is 2.35. The second kappa shape index (κ2) is 7.21. The molecule has 2 amide bonds. The largest absolute Gasteiger partial charge is 0.481 e. The first-order valence-corrected chi connectivity index (χ1v) is 8.14. The Balaban J connectivity index is 1.96. The summed E-state index contributed by atoms with van der Waals surface area (Å²) in [4.78, 5) is 37.0. The molecule has 1 heterocycles. The first kappa shape index (κ1) is 18.3. The van der Waals surface area contributed by atoms with Crippen LogP contribution in [0.25, 0.3) is 0 Å². The molecule has 0 saturated carbocycles. The molecule has 0 bridgehead atoms. The van der Waals surface area contributed by atoms with Crippen molar-refractivity contribution < 1.29 is 19.5 Å². The summed E-state index contributed by atoms with van der Waals surface area (Å²) in [5.41, 5.74) is 0.0416. The Kier molecular flexibility index (Phi) is 5.49. The molecular formula is C17H21ClN2O4. The van der Waals surface area contributed by atoms with Gasteiger partial charge >= 0.3 is 5.97 Å². The van der Waals surface area contributed by atoms with Gasteiger partial charge < -0.3 is 15.3 Å². The van der Waals surface area contributed by atoms with E-state index >= 15 is 0 Å². The van der Waals surface area contributed by atoms with Crippen LogP contribution in [-0.4, -0.2) is 35.5 Å². The molecule has 24 heavy (non-hydrogen) atoms. The van der Waals surface area contributed by atoms with Gasteiger partial charge in [0.1, 0.15) is 6.04 Å². The molecule has 1 aliphatic rings. The number of halogens is 1. The standard InChI is InChI=1S/C17H21ClN2O4/c1-17(2,10-15(22)23)9-14(21)19-13-6-7-20(16(13)24)12-5-3-4-11(18)8-12/h3-5,8,13H,6-7,9-10H2,1-2H3,(H,19,21)(H,22,23). The monoisotopic (exact) mass is 352 g/mol. The van der Waals surface area contributed by atoms with Gasteiger partial charge in [-0.25, -0.2) is 0 Å². The lowest BCUT2D eigenvalue weighted by atomic mass is 9.85. The van der Waals surface area contributed by atoms with Crippen LogP contribution in [0, 0.1) is 5.41 Å². The average molecular weight is 353 g/mol. The van der Waals surface area contributed by atoms with E-state index in [1.54, 1.807) is 43.0 Å². The summed E-state index contributed by atoms with van der Waals surface area (Å²) in [5.74, 6) is -1.44. The zero-order valence-electron chi connectivity index (χ0n) is 13.7. The van der Waals surface area contributed by atoms with Crippen molar-refractivity contribution in [2.24, 2.45) is 5.41 Å². The summed E-state index contributed by atoms with van der Waals surface area (Å²) in [6.45, 7) is 3.94. The molecule has 0 spiro atoms. The Hall–Kier alpha value is -2.08. The fourth-order valence-corrected chi connectivity index (χ4v) is 3.05. The van der Waals surface area contributed by atoms with Crippen LogP contribution in [-0.2, 0) is 14.4 Å². The molecule has 130 valence electrons. The molecule has 1 saturated heterocycles. The molecule has 1 aromatic carbocycles. The number of amides is 2. The number of benzene rings is 1. The topological polar surface area (TPSA) is 86.7 Å². The van der Waals surface area contributed by atoms with Crippen molar-refractivity contribution in [1.29, 1.82) is 0 Å². The Bertz CT molecular complexity index is 660. The molecular weight excluding hydrogens is 332 g/mol. The number of rotatable bonds is 6. The fraction of sp³-hybridized carbons (Fsp3) is 0.471. The number of carbonyl (C=O) groups excluding carboxylic acids is 2. The van der Waals surface area contributed by atoms with Crippen LogP contribution >= 0.6 is 11.6 Å². The fourth-order valence-electron chi connectivity index (χ4n) is 2.87. The van der Waals surface area contributed by atoms with Crippen molar-refractivity contribution in [1.82, 2.24) is 5.32 Å². The summed E-state index contributed by atoms with van der Waals surface area (Å²) in [5, 5.41) is 12.1. The van der Waals surface area contributed by atoms with Crippen molar-refractivity contribution in [2.45, 2.75) is 39.2 Å². The summed E-state index contributed by atoms with van der Waals surface area (Å²) < 4.78 is 0. The van der Waals surface area contributed by atoms with Gasteiger partial charge in [0, 0.05) is 23.7 Å². The van der Waals surface area contributed by atoms with Crippen molar-refractivity contribution >= 4 is 35.1 Å². The molecule has 1 unspecified atom stereocenters. The number of nitrogens with zero attached hydrogens (tertiary/aromatic N) is 1. The van der Waals surface area contributed by atoms with Crippen molar-refractivity contribution in [3.05, 3.63) is 29.3 Å². The average Bonchev–Trinajstić information content (AvgIpc) is 2.77. The number of carboxylic acids is 1. The molecule has 2 rings (SSSR count). The number of anilines is 1. The van der Waals surface area contributed by atoms with Crippen molar-refractivity contribution in [2.75, 3.05) is 11.4 Å². The molecule has 7 heteroatoms. The highest BCUT2D eigenvalue weighted by atomic mass is 35.5. The quantitative estimate of drug-likeness (QED) is 0.823. The highest BCUT2D eigenvalue weighted by Crippen LogP contribution is 2.27. The van der Waals surface area contributed by atoms with E-state index in [1.807, 2.05) is 0 Å². The van der Waals surface area contributed by atoms with E-state index in [2.05, 4.69) is 5.32 Å². The van der Waals surface area contributed by atoms with Gasteiger partial charge in [-0.2, -0.15) is 0 Å². The van der Waals surface area contributed by atoms with Gasteiger partial charge in [-0.3, -0.25) is 14.4 Å². The first-order chi connectivity index (χ1) is 11.2. The van der Waals surface area contributed by atoms with Crippen molar-refractivity contribution in [3.8, 4) is 0 Å². The van der Waals surface area contributed by atoms with Gasteiger partial charge in [0.05, 0.1) is 6.42 Å². The maximum Gasteiger partial charge on any atom is 0.303 e. The van der Waals surface area contributed by atoms with Crippen LogP contribution in [0.3, 0.4) is 0 Å². The summed E-state index contributed by atoms with van der Waals surface area (Å²) in [7, 11) is 0. The van der Waals surface area contributed by atoms with Crippen LogP contribution in [0.1, 0.15) is 33.1 Å². The minimum Gasteiger partial charge on any atom is -0.481 e.